The van der Waals surface area contributed by atoms with Gasteiger partial charge in [-0.25, -0.2) is 4.57 Å². The summed E-state index contributed by atoms with van der Waals surface area (Å²) in [7, 11) is -5.06. The van der Waals surface area contributed by atoms with E-state index >= 15 is 0 Å². The molecule has 6 N–H and O–H groups in total. The summed E-state index contributed by atoms with van der Waals surface area (Å²) in [4.78, 5) is 34.1. The van der Waals surface area contributed by atoms with Crippen molar-refractivity contribution in [3.8, 4) is 0 Å². The lowest BCUT2D eigenvalue weighted by Crippen LogP contribution is -2.64. The van der Waals surface area contributed by atoms with Gasteiger partial charge in [0.25, 0.3) is 0 Å². The Morgan fingerprint density at radius 1 is 0.711 bits per heavy atom. The predicted octanol–water partition coefficient (Wildman–Crippen LogP) is 1.09. The highest BCUT2D eigenvalue weighted by molar-refractivity contribution is 7.47. The van der Waals surface area contributed by atoms with Crippen molar-refractivity contribution in [3.63, 3.8) is 0 Å². The number of rotatable bonds is 19. The van der Waals surface area contributed by atoms with E-state index in [1.807, 2.05) is 0 Å². The van der Waals surface area contributed by atoms with Crippen molar-refractivity contribution in [2.75, 3.05) is 13.2 Å². The molecule has 0 saturated heterocycles. The van der Waals surface area contributed by atoms with Crippen molar-refractivity contribution >= 4 is 19.8 Å². The van der Waals surface area contributed by atoms with E-state index < -0.39 is 75.7 Å². The second kappa shape index (κ2) is 18.2. The minimum absolute atomic E-state index is 0.0501. The van der Waals surface area contributed by atoms with Crippen molar-refractivity contribution in [2.24, 2.45) is 0 Å². The third-order valence-corrected chi connectivity index (χ3v) is 7.15. The standard InChI is InChI=1S/C24H45O13P/c1-3-5-6-7-8-9-10-11-13-17(25)34-14-16(36-18(26)12-4-2)15-35-38(32,33)37-24-22(30)20(28)19(27)21(29)23(24)31/h16,19-24,27-31H,3-15H2,1-2H3,(H,32,33)/t16-,19?,20-,21?,22?,23?,24?/m1/s1. The summed E-state index contributed by atoms with van der Waals surface area (Å²) < 4.78 is 32.3. The van der Waals surface area contributed by atoms with Crippen LogP contribution >= 0.6 is 7.82 Å². The molecule has 13 nitrogen and oxygen atoms in total. The molecule has 6 unspecified atom stereocenters. The predicted molar refractivity (Wildman–Crippen MR) is 134 cm³/mol. The quantitative estimate of drug-likeness (QED) is 0.0728. The van der Waals surface area contributed by atoms with E-state index in [2.05, 4.69) is 6.92 Å². The first-order valence-corrected chi connectivity index (χ1v) is 14.8. The Balaban J connectivity index is 2.57. The van der Waals surface area contributed by atoms with Crippen molar-refractivity contribution < 1.29 is 63.1 Å². The van der Waals surface area contributed by atoms with Gasteiger partial charge in [0.1, 0.15) is 43.2 Å². The number of aliphatic hydroxyl groups excluding tert-OH is 5. The van der Waals surface area contributed by atoms with Gasteiger partial charge in [0.15, 0.2) is 6.10 Å². The van der Waals surface area contributed by atoms with Crippen LogP contribution in [-0.2, 0) is 32.7 Å². The van der Waals surface area contributed by atoms with Crippen LogP contribution in [0.25, 0.3) is 0 Å². The summed E-state index contributed by atoms with van der Waals surface area (Å²) in [5, 5.41) is 49.1. The van der Waals surface area contributed by atoms with Gasteiger partial charge in [-0.3, -0.25) is 18.6 Å². The number of carbonyl (C=O) groups is 2. The Hall–Kier alpha value is -1.15. The number of phosphoric acid groups is 1. The zero-order chi connectivity index (χ0) is 28.7. The Bertz CT molecular complexity index is 720. The molecule has 0 spiro atoms. The lowest BCUT2D eigenvalue weighted by molar-refractivity contribution is -0.220. The van der Waals surface area contributed by atoms with Gasteiger partial charge in [0.2, 0.25) is 0 Å². The number of hydrogen-bond donors (Lipinski definition) is 6. The van der Waals surface area contributed by atoms with Crippen LogP contribution in [0.5, 0.6) is 0 Å². The molecule has 38 heavy (non-hydrogen) atoms. The van der Waals surface area contributed by atoms with E-state index in [1.165, 1.54) is 25.7 Å². The van der Waals surface area contributed by atoms with Crippen LogP contribution in [0.15, 0.2) is 0 Å². The zero-order valence-electron chi connectivity index (χ0n) is 22.2. The summed E-state index contributed by atoms with van der Waals surface area (Å²) in [6, 6.07) is 0. The molecule has 0 bridgehead atoms. The molecule has 1 rings (SSSR count). The number of aliphatic hydroxyl groups is 5. The third-order valence-electron chi connectivity index (χ3n) is 6.17. The molecular weight excluding hydrogens is 527 g/mol. The number of esters is 2. The minimum atomic E-state index is -5.06. The highest BCUT2D eigenvalue weighted by atomic mass is 31.2. The second-order valence-corrected chi connectivity index (χ2v) is 11.0. The maximum atomic E-state index is 12.4. The van der Waals surface area contributed by atoms with E-state index in [0.717, 1.165) is 19.3 Å². The molecule has 0 amide bonds. The maximum Gasteiger partial charge on any atom is 0.472 e. The summed E-state index contributed by atoms with van der Waals surface area (Å²) >= 11 is 0. The van der Waals surface area contributed by atoms with Crippen molar-refractivity contribution in [3.05, 3.63) is 0 Å². The molecule has 1 saturated carbocycles. The highest BCUT2D eigenvalue weighted by Crippen LogP contribution is 2.47. The molecule has 0 heterocycles. The summed E-state index contributed by atoms with van der Waals surface area (Å²) in [5.41, 5.74) is 0. The fourth-order valence-corrected chi connectivity index (χ4v) is 4.88. The normalized spacial score (nSPS) is 27.9. The SMILES string of the molecule is CCCCCCCCCCC(=O)OC[C@H](COP(=O)(O)OC1C(O)C(O)C(O)[C@@H](O)C1O)OC(=O)CCC. The molecule has 0 aliphatic heterocycles. The van der Waals surface area contributed by atoms with Gasteiger partial charge >= 0.3 is 19.8 Å². The lowest BCUT2D eigenvalue weighted by atomic mass is 9.85. The van der Waals surface area contributed by atoms with Gasteiger partial charge in [-0.2, -0.15) is 0 Å². The average molecular weight is 573 g/mol. The Labute approximate surface area is 223 Å². The van der Waals surface area contributed by atoms with Crippen molar-refractivity contribution in [2.45, 2.75) is 127 Å². The van der Waals surface area contributed by atoms with E-state index in [-0.39, 0.29) is 12.8 Å². The molecule has 224 valence electrons. The van der Waals surface area contributed by atoms with E-state index in [9.17, 15) is 44.6 Å². The fraction of sp³-hybridized carbons (Fsp3) is 0.917. The van der Waals surface area contributed by atoms with Crippen LogP contribution in [0.4, 0.5) is 0 Å². The molecule has 0 aromatic rings. The van der Waals surface area contributed by atoms with E-state index in [0.29, 0.717) is 12.8 Å². The number of unbranched alkanes of at least 4 members (excludes halogenated alkanes) is 7. The Morgan fingerprint density at radius 3 is 1.79 bits per heavy atom. The average Bonchev–Trinajstić information content (AvgIpc) is 2.87. The van der Waals surface area contributed by atoms with Gasteiger partial charge in [0.05, 0.1) is 6.61 Å². The molecule has 14 heteroatoms. The molecule has 1 aliphatic carbocycles. The van der Waals surface area contributed by atoms with E-state index in [4.69, 9.17) is 18.5 Å². The number of phosphoric ester groups is 1. The lowest BCUT2D eigenvalue weighted by Gasteiger charge is -2.41. The molecule has 1 fully saturated rings. The number of hydrogen-bond acceptors (Lipinski definition) is 12. The van der Waals surface area contributed by atoms with Crippen LogP contribution in [0, 0.1) is 0 Å². The smallest absolute Gasteiger partial charge is 0.462 e. The monoisotopic (exact) mass is 572 g/mol. The Morgan fingerprint density at radius 2 is 1.24 bits per heavy atom. The van der Waals surface area contributed by atoms with Crippen LogP contribution in [-0.4, -0.2) is 98.3 Å². The van der Waals surface area contributed by atoms with Crippen LogP contribution in [0.2, 0.25) is 0 Å². The zero-order valence-corrected chi connectivity index (χ0v) is 23.1. The van der Waals surface area contributed by atoms with Gasteiger partial charge in [-0.15, -0.1) is 0 Å². The van der Waals surface area contributed by atoms with Crippen molar-refractivity contribution in [1.29, 1.82) is 0 Å². The molecule has 0 aromatic heterocycles. The third kappa shape index (κ3) is 12.8. The van der Waals surface area contributed by atoms with E-state index in [1.54, 1.807) is 6.92 Å². The summed E-state index contributed by atoms with van der Waals surface area (Å²) in [5.74, 6) is -1.17. The number of carbonyl (C=O) groups excluding carboxylic acids is 2. The molecule has 0 radical (unpaired) electrons. The van der Waals surface area contributed by atoms with Gasteiger partial charge in [-0.05, 0) is 12.8 Å². The second-order valence-electron chi connectivity index (χ2n) is 9.56. The summed E-state index contributed by atoms with van der Waals surface area (Å²) in [6.07, 6.45) is -4.02. The van der Waals surface area contributed by atoms with Crippen LogP contribution in [0.1, 0.15) is 84.5 Å². The maximum absolute atomic E-state index is 12.4. The first-order valence-electron chi connectivity index (χ1n) is 13.3. The highest BCUT2D eigenvalue weighted by Gasteiger charge is 2.51. The largest absolute Gasteiger partial charge is 0.472 e. The fourth-order valence-electron chi connectivity index (χ4n) is 3.91. The van der Waals surface area contributed by atoms with Crippen LogP contribution < -0.4 is 0 Å². The van der Waals surface area contributed by atoms with Gasteiger partial charge in [0, 0.05) is 12.8 Å². The van der Waals surface area contributed by atoms with Gasteiger partial charge in [-0.1, -0.05) is 58.8 Å². The first kappa shape index (κ1) is 34.9. The minimum Gasteiger partial charge on any atom is -0.462 e. The molecule has 1 aliphatic rings. The summed E-state index contributed by atoms with van der Waals surface area (Å²) in [6.45, 7) is 2.72. The molecule has 8 atom stereocenters. The Kier molecular flexibility index (Phi) is 16.7. The first-order chi connectivity index (χ1) is 17.9. The molecule has 0 aromatic carbocycles. The molecular formula is C24H45O13P. The van der Waals surface area contributed by atoms with Crippen LogP contribution in [0.3, 0.4) is 0 Å². The number of ether oxygens (including phenoxy) is 2. The van der Waals surface area contributed by atoms with Gasteiger partial charge < -0.3 is 39.9 Å². The topological polar surface area (TPSA) is 210 Å². The van der Waals surface area contributed by atoms with Crippen molar-refractivity contribution in [1.82, 2.24) is 0 Å².